The van der Waals surface area contributed by atoms with Crippen molar-refractivity contribution in [3.8, 4) is 33.5 Å². The first kappa shape index (κ1) is 28.9. The van der Waals surface area contributed by atoms with E-state index in [1.54, 1.807) is 0 Å². The Kier molecular flexibility index (Phi) is 6.17. The van der Waals surface area contributed by atoms with Gasteiger partial charge in [-0.25, -0.2) is 4.98 Å². The number of para-hydroxylation sites is 1. The number of hydrogen-bond acceptors (Lipinski definition) is 3. The van der Waals surface area contributed by atoms with Gasteiger partial charge in [-0.3, -0.25) is 4.98 Å². The summed E-state index contributed by atoms with van der Waals surface area (Å²) in [6.45, 7) is 0. The van der Waals surface area contributed by atoms with Gasteiger partial charge < -0.3 is 4.42 Å². The van der Waals surface area contributed by atoms with E-state index in [-0.39, 0.29) is 0 Å². The number of pyridine rings is 2. The van der Waals surface area contributed by atoms with Gasteiger partial charge in [0.2, 0.25) is 0 Å². The summed E-state index contributed by atoms with van der Waals surface area (Å²) in [5.41, 5.74) is 14.6. The molecule has 0 unspecified atom stereocenters. The van der Waals surface area contributed by atoms with E-state index in [1.165, 1.54) is 27.8 Å². The van der Waals surface area contributed by atoms with E-state index in [2.05, 4.69) is 170 Å². The highest BCUT2D eigenvalue weighted by Gasteiger charge is 2.47. The van der Waals surface area contributed by atoms with E-state index in [0.717, 1.165) is 71.7 Å². The van der Waals surface area contributed by atoms with Crippen LogP contribution in [0, 0.1) is 0 Å². The highest BCUT2D eigenvalue weighted by Crippen LogP contribution is 2.59. The fraction of sp³-hybridized carbons (Fsp3) is 0.0204. The van der Waals surface area contributed by atoms with Crippen molar-refractivity contribution >= 4 is 43.7 Å². The third-order valence-corrected chi connectivity index (χ3v) is 11.0. The predicted octanol–water partition coefficient (Wildman–Crippen LogP) is 12.4. The second-order valence-corrected chi connectivity index (χ2v) is 13.7. The Bertz CT molecular complexity index is 2980. The van der Waals surface area contributed by atoms with Crippen LogP contribution in [-0.4, -0.2) is 9.97 Å². The molecule has 0 saturated heterocycles. The molecule has 0 aliphatic heterocycles. The fourth-order valence-corrected chi connectivity index (χ4v) is 8.76. The second-order valence-electron chi connectivity index (χ2n) is 13.7. The minimum absolute atomic E-state index is 0.554. The number of aromatic nitrogens is 2. The second kappa shape index (κ2) is 11.1. The Labute approximate surface area is 300 Å². The van der Waals surface area contributed by atoms with Crippen LogP contribution in [0.25, 0.3) is 77.3 Å². The molecule has 0 saturated carbocycles. The highest BCUT2D eigenvalue weighted by atomic mass is 16.3. The highest BCUT2D eigenvalue weighted by molar-refractivity contribution is 6.18. The van der Waals surface area contributed by atoms with Gasteiger partial charge in [0.1, 0.15) is 11.2 Å². The monoisotopic (exact) mass is 662 g/mol. The zero-order valence-corrected chi connectivity index (χ0v) is 28.1. The van der Waals surface area contributed by atoms with E-state index >= 15 is 0 Å². The normalized spacial score (nSPS) is 13.2. The van der Waals surface area contributed by atoms with Crippen LogP contribution in [0.3, 0.4) is 0 Å². The average molecular weight is 663 g/mol. The molecule has 1 aliphatic carbocycles. The molecule has 3 heteroatoms. The third-order valence-electron chi connectivity index (χ3n) is 11.0. The topological polar surface area (TPSA) is 38.9 Å². The lowest BCUT2D eigenvalue weighted by Crippen LogP contribution is -2.28. The van der Waals surface area contributed by atoms with Crippen molar-refractivity contribution in [2.45, 2.75) is 5.41 Å². The van der Waals surface area contributed by atoms with Gasteiger partial charge in [-0.1, -0.05) is 146 Å². The maximum absolute atomic E-state index is 6.96. The van der Waals surface area contributed by atoms with Crippen molar-refractivity contribution in [1.82, 2.24) is 9.97 Å². The van der Waals surface area contributed by atoms with Crippen molar-refractivity contribution in [3.05, 3.63) is 204 Å². The van der Waals surface area contributed by atoms with E-state index in [0.29, 0.717) is 0 Å². The quantitative estimate of drug-likeness (QED) is 0.176. The maximum Gasteiger partial charge on any atom is 0.144 e. The Hall–Kier alpha value is -6.84. The van der Waals surface area contributed by atoms with Crippen LogP contribution in [0.15, 0.2) is 187 Å². The maximum atomic E-state index is 6.96. The standard InChI is InChI=1S/C49H30N2O/c1-3-16-35(17-4-1)49(36-18-5-2-6-19-36)40-22-9-7-20-37(40)45-41(49)30-39(44-38-21-8-10-23-43(38)52-48(44)45)33-13-11-14-34(29-33)42-27-26-32-25-24-31-15-12-28-50-46(31)47(32)51-42/h1-30H. The molecular formula is C49H30N2O. The van der Waals surface area contributed by atoms with Crippen molar-refractivity contribution < 1.29 is 4.42 Å². The van der Waals surface area contributed by atoms with E-state index in [1.807, 2.05) is 12.3 Å². The summed E-state index contributed by atoms with van der Waals surface area (Å²) in [6.07, 6.45) is 1.84. The van der Waals surface area contributed by atoms with Crippen molar-refractivity contribution in [2.75, 3.05) is 0 Å². The number of nitrogens with zero attached hydrogens (tertiary/aromatic N) is 2. The van der Waals surface area contributed by atoms with E-state index in [4.69, 9.17) is 14.4 Å². The Morgan fingerprint density at radius 3 is 2.00 bits per heavy atom. The summed E-state index contributed by atoms with van der Waals surface area (Å²) in [6, 6.07) is 63.0. The van der Waals surface area contributed by atoms with Gasteiger partial charge in [0.05, 0.1) is 22.1 Å². The van der Waals surface area contributed by atoms with Gasteiger partial charge in [-0.15, -0.1) is 0 Å². The molecule has 0 fully saturated rings. The largest absolute Gasteiger partial charge is 0.455 e. The number of furan rings is 1. The molecule has 1 aliphatic rings. The molecular weight excluding hydrogens is 633 g/mol. The van der Waals surface area contributed by atoms with Gasteiger partial charge in [0.15, 0.2) is 0 Å². The summed E-state index contributed by atoms with van der Waals surface area (Å²) in [7, 11) is 0. The van der Waals surface area contributed by atoms with Crippen molar-refractivity contribution in [2.24, 2.45) is 0 Å². The molecule has 0 bridgehead atoms. The first-order chi connectivity index (χ1) is 25.8. The molecule has 0 amide bonds. The molecule has 52 heavy (non-hydrogen) atoms. The van der Waals surface area contributed by atoms with Crippen LogP contribution in [0.1, 0.15) is 22.3 Å². The van der Waals surface area contributed by atoms with Crippen LogP contribution >= 0.6 is 0 Å². The van der Waals surface area contributed by atoms with E-state index < -0.39 is 5.41 Å². The minimum Gasteiger partial charge on any atom is -0.455 e. The lowest BCUT2D eigenvalue weighted by Gasteiger charge is -2.34. The lowest BCUT2D eigenvalue weighted by atomic mass is 9.67. The molecule has 3 heterocycles. The minimum atomic E-state index is -0.554. The molecule has 0 radical (unpaired) electrons. The van der Waals surface area contributed by atoms with Crippen molar-refractivity contribution in [1.29, 1.82) is 0 Å². The first-order valence-corrected chi connectivity index (χ1v) is 17.7. The third kappa shape index (κ3) is 4.02. The summed E-state index contributed by atoms with van der Waals surface area (Å²) < 4.78 is 6.96. The molecule has 3 aromatic heterocycles. The molecule has 0 atom stereocenters. The van der Waals surface area contributed by atoms with Gasteiger partial charge in [-0.05, 0) is 69.3 Å². The summed E-state index contributed by atoms with van der Waals surface area (Å²) in [5, 5.41) is 4.40. The zero-order chi connectivity index (χ0) is 34.2. The fourth-order valence-electron chi connectivity index (χ4n) is 8.76. The Balaban J connectivity index is 1.23. The molecule has 3 nitrogen and oxygen atoms in total. The average Bonchev–Trinajstić information content (AvgIpc) is 3.75. The predicted molar refractivity (Wildman–Crippen MR) is 212 cm³/mol. The van der Waals surface area contributed by atoms with Gasteiger partial charge >= 0.3 is 0 Å². The summed E-state index contributed by atoms with van der Waals surface area (Å²) in [4.78, 5) is 9.92. The number of rotatable bonds is 4. The first-order valence-electron chi connectivity index (χ1n) is 17.7. The lowest BCUT2D eigenvalue weighted by molar-refractivity contribution is 0.669. The van der Waals surface area contributed by atoms with Gasteiger partial charge in [-0.2, -0.15) is 0 Å². The number of benzene rings is 7. The van der Waals surface area contributed by atoms with E-state index in [9.17, 15) is 0 Å². The number of fused-ring (bicyclic) bond motifs is 10. The van der Waals surface area contributed by atoms with Crippen LogP contribution in [0.2, 0.25) is 0 Å². The Morgan fingerprint density at radius 2 is 1.17 bits per heavy atom. The Morgan fingerprint density at radius 1 is 0.481 bits per heavy atom. The van der Waals surface area contributed by atoms with Crippen LogP contribution in [0.5, 0.6) is 0 Å². The van der Waals surface area contributed by atoms with Crippen molar-refractivity contribution in [3.63, 3.8) is 0 Å². The van der Waals surface area contributed by atoms with Crippen LogP contribution in [0.4, 0.5) is 0 Å². The van der Waals surface area contributed by atoms with Gasteiger partial charge in [0, 0.05) is 38.9 Å². The van der Waals surface area contributed by atoms with Crippen LogP contribution < -0.4 is 0 Å². The molecule has 7 aromatic carbocycles. The smallest absolute Gasteiger partial charge is 0.144 e. The molecule has 11 rings (SSSR count). The molecule has 0 N–H and O–H groups in total. The van der Waals surface area contributed by atoms with Gasteiger partial charge in [0.25, 0.3) is 0 Å². The van der Waals surface area contributed by atoms with Crippen LogP contribution in [-0.2, 0) is 5.41 Å². The summed E-state index contributed by atoms with van der Waals surface area (Å²) >= 11 is 0. The summed E-state index contributed by atoms with van der Waals surface area (Å²) in [5.74, 6) is 0. The molecule has 10 aromatic rings. The zero-order valence-electron chi connectivity index (χ0n) is 28.1. The molecule has 242 valence electrons. The molecule has 0 spiro atoms. The SMILES string of the molecule is c1ccc(C2(c3ccccc3)c3ccccc3-c3c2cc(-c2cccc(-c4ccc5ccc6cccnc6c5n4)c2)c2c3oc3ccccc32)cc1. The number of hydrogen-bond donors (Lipinski definition) is 0.